The van der Waals surface area contributed by atoms with Crippen molar-refractivity contribution in [2.75, 3.05) is 0 Å². The quantitative estimate of drug-likeness (QED) is 0.331. The smallest absolute Gasteiger partial charge is 0.199 e. The molecule has 0 nitrogen and oxygen atoms in total. The second kappa shape index (κ2) is 3.90. The molecule has 0 heterocycles. The Hall–Kier alpha value is -0.0226. The van der Waals surface area contributed by atoms with Crippen molar-refractivity contribution in [3.8, 4) is 0 Å². The van der Waals surface area contributed by atoms with Crippen LogP contribution in [0.2, 0.25) is 5.02 Å². The van der Waals surface area contributed by atoms with Crippen molar-refractivity contribution in [1.29, 1.82) is 0 Å². The number of hydrogen-bond donors (Lipinski definition) is 0. The molecule has 0 spiro atoms. The SMILES string of the molecule is [CH2-]c1cccc(Cl)c1.[Li+]. The zero-order valence-corrected chi connectivity index (χ0v) is 6.15. The molecular formula is C7H6ClLi. The van der Waals surface area contributed by atoms with E-state index in [1.165, 1.54) is 0 Å². The summed E-state index contributed by atoms with van der Waals surface area (Å²) in [4.78, 5) is 0. The molecule has 0 aliphatic carbocycles. The molecule has 0 unspecified atom stereocenters. The van der Waals surface area contributed by atoms with E-state index in [9.17, 15) is 0 Å². The first kappa shape index (κ1) is 8.98. The fourth-order valence-electron chi connectivity index (χ4n) is 0.537. The van der Waals surface area contributed by atoms with Crippen molar-refractivity contribution in [2.45, 2.75) is 0 Å². The molecule has 9 heavy (non-hydrogen) atoms. The van der Waals surface area contributed by atoms with Gasteiger partial charge in [0.05, 0.1) is 0 Å². The van der Waals surface area contributed by atoms with Gasteiger partial charge in [0.2, 0.25) is 0 Å². The van der Waals surface area contributed by atoms with Gasteiger partial charge in [0.15, 0.2) is 0 Å². The molecule has 0 saturated carbocycles. The van der Waals surface area contributed by atoms with Gasteiger partial charge in [0, 0.05) is 0 Å². The average molecular weight is 133 g/mol. The zero-order chi connectivity index (χ0) is 5.98. The van der Waals surface area contributed by atoms with Crippen LogP contribution in [0.15, 0.2) is 24.3 Å². The molecule has 0 amide bonds. The first-order valence-corrected chi connectivity index (χ1v) is 2.74. The first-order valence-electron chi connectivity index (χ1n) is 2.36. The van der Waals surface area contributed by atoms with Gasteiger partial charge in [-0.3, -0.25) is 0 Å². The van der Waals surface area contributed by atoms with Crippen LogP contribution in [0.4, 0.5) is 0 Å². The summed E-state index contributed by atoms with van der Waals surface area (Å²) in [5.41, 5.74) is 0.956. The van der Waals surface area contributed by atoms with Gasteiger partial charge in [-0.05, 0) is 5.02 Å². The molecule has 2 heteroatoms. The van der Waals surface area contributed by atoms with Gasteiger partial charge >= 0.3 is 18.9 Å². The van der Waals surface area contributed by atoms with E-state index in [2.05, 4.69) is 6.92 Å². The number of benzene rings is 1. The Morgan fingerprint density at radius 3 is 2.33 bits per heavy atom. The maximum atomic E-state index is 5.60. The third-order valence-corrected chi connectivity index (χ3v) is 1.12. The Morgan fingerprint density at radius 2 is 2.00 bits per heavy atom. The van der Waals surface area contributed by atoms with E-state index in [1.54, 1.807) is 0 Å². The molecule has 0 saturated heterocycles. The minimum atomic E-state index is 0. The van der Waals surface area contributed by atoms with Gasteiger partial charge in [-0.15, -0.1) is 12.1 Å². The third-order valence-electron chi connectivity index (χ3n) is 0.889. The predicted octanol–water partition coefficient (Wildman–Crippen LogP) is -0.474. The molecule has 0 bridgehead atoms. The molecule has 1 aromatic rings. The molecule has 0 radical (unpaired) electrons. The summed E-state index contributed by atoms with van der Waals surface area (Å²) in [5, 5.41) is 0.748. The van der Waals surface area contributed by atoms with Crippen LogP contribution in [0, 0.1) is 6.92 Å². The van der Waals surface area contributed by atoms with Crippen molar-refractivity contribution < 1.29 is 18.9 Å². The van der Waals surface area contributed by atoms with Gasteiger partial charge in [-0.2, -0.15) is 18.6 Å². The Bertz CT molecular complexity index is 169. The van der Waals surface area contributed by atoms with Crippen molar-refractivity contribution in [3.05, 3.63) is 41.8 Å². The molecule has 0 atom stereocenters. The fraction of sp³-hybridized carbons (Fsp3) is 0. The molecule has 1 aromatic carbocycles. The van der Waals surface area contributed by atoms with Crippen LogP contribution in [0.25, 0.3) is 0 Å². The zero-order valence-electron chi connectivity index (χ0n) is 5.39. The number of halogens is 1. The van der Waals surface area contributed by atoms with E-state index in [1.807, 2.05) is 24.3 Å². The maximum Gasteiger partial charge on any atom is 1.00 e. The van der Waals surface area contributed by atoms with Crippen molar-refractivity contribution in [2.24, 2.45) is 0 Å². The van der Waals surface area contributed by atoms with Gasteiger partial charge in [0.25, 0.3) is 0 Å². The van der Waals surface area contributed by atoms with Gasteiger partial charge in [-0.1, -0.05) is 17.7 Å². The van der Waals surface area contributed by atoms with Gasteiger partial charge in [-0.25, -0.2) is 0 Å². The summed E-state index contributed by atoms with van der Waals surface area (Å²) in [6.45, 7) is 3.70. The molecule has 0 fully saturated rings. The summed E-state index contributed by atoms with van der Waals surface area (Å²) in [6, 6.07) is 7.44. The fourth-order valence-corrected chi connectivity index (χ4v) is 0.750. The Balaban J connectivity index is 0.000000640. The normalized spacial score (nSPS) is 8.11. The Morgan fingerprint density at radius 1 is 1.33 bits per heavy atom. The monoisotopic (exact) mass is 132 g/mol. The molecular weight excluding hydrogens is 126 g/mol. The van der Waals surface area contributed by atoms with E-state index in [4.69, 9.17) is 11.6 Å². The van der Waals surface area contributed by atoms with E-state index in [-0.39, 0.29) is 18.9 Å². The largest absolute Gasteiger partial charge is 1.00 e. The van der Waals surface area contributed by atoms with E-state index < -0.39 is 0 Å². The maximum absolute atomic E-state index is 5.60. The summed E-state index contributed by atoms with van der Waals surface area (Å²) < 4.78 is 0. The predicted molar refractivity (Wildman–Crippen MR) is 35.9 cm³/mol. The minimum absolute atomic E-state index is 0. The molecule has 0 aliphatic heterocycles. The van der Waals surface area contributed by atoms with Crippen molar-refractivity contribution >= 4 is 11.6 Å². The summed E-state index contributed by atoms with van der Waals surface area (Å²) in [5.74, 6) is 0. The van der Waals surface area contributed by atoms with E-state index in [0.29, 0.717) is 0 Å². The van der Waals surface area contributed by atoms with Crippen molar-refractivity contribution in [1.82, 2.24) is 0 Å². The van der Waals surface area contributed by atoms with Crippen LogP contribution in [0.3, 0.4) is 0 Å². The van der Waals surface area contributed by atoms with Crippen LogP contribution >= 0.6 is 11.6 Å². The molecule has 0 N–H and O–H groups in total. The topological polar surface area (TPSA) is 0 Å². The second-order valence-corrected chi connectivity index (χ2v) is 2.07. The molecule has 0 aliphatic rings. The van der Waals surface area contributed by atoms with Crippen LogP contribution in [-0.4, -0.2) is 0 Å². The first-order chi connectivity index (χ1) is 3.79. The minimum Gasteiger partial charge on any atom is -0.199 e. The standard InChI is InChI=1S/C7H6Cl.Li/c1-6-3-2-4-7(8)5-6;/h2-5H,1H2;/q-1;+1. The third kappa shape index (κ3) is 2.86. The molecule has 42 valence electrons. The second-order valence-electron chi connectivity index (χ2n) is 1.63. The van der Waals surface area contributed by atoms with Crippen molar-refractivity contribution in [3.63, 3.8) is 0 Å². The summed E-state index contributed by atoms with van der Waals surface area (Å²) in [6.07, 6.45) is 0. The van der Waals surface area contributed by atoms with Crippen LogP contribution in [0.5, 0.6) is 0 Å². The number of rotatable bonds is 0. The van der Waals surface area contributed by atoms with Gasteiger partial charge in [0.1, 0.15) is 0 Å². The Kier molecular flexibility index (Phi) is 3.89. The average Bonchev–Trinajstić information content (AvgIpc) is 1.64. The van der Waals surface area contributed by atoms with Crippen LogP contribution < -0.4 is 18.9 Å². The van der Waals surface area contributed by atoms with Crippen LogP contribution in [0.1, 0.15) is 5.56 Å². The summed E-state index contributed by atoms with van der Waals surface area (Å²) in [7, 11) is 0. The van der Waals surface area contributed by atoms with E-state index in [0.717, 1.165) is 10.6 Å². The Labute approximate surface area is 72.4 Å². The molecule has 0 aromatic heterocycles. The van der Waals surface area contributed by atoms with Gasteiger partial charge < -0.3 is 0 Å². The molecule has 1 rings (SSSR count). The number of hydrogen-bond acceptors (Lipinski definition) is 0. The van der Waals surface area contributed by atoms with E-state index >= 15 is 0 Å². The van der Waals surface area contributed by atoms with Crippen LogP contribution in [-0.2, 0) is 0 Å². The summed E-state index contributed by atoms with van der Waals surface area (Å²) >= 11 is 5.60.